The molecule has 94 valence electrons. The molecule has 19 heavy (non-hydrogen) atoms. The fourth-order valence-electron chi connectivity index (χ4n) is 1.93. The SMILES string of the molecule is O=c1[nH]c2ccccc2cc1Nc1ccc(Br)cc1. The first kappa shape index (κ1) is 12.0. The Hall–Kier alpha value is -2.07. The summed E-state index contributed by atoms with van der Waals surface area (Å²) in [5, 5.41) is 4.13. The van der Waals surface area contributed by atoms with Gasteiger partial charge in [-0.2, -0.15) is 0 Å². The first-order valence-electron chi connectivity index (χ1n) is 5.87. The van der Waals surface area contributed by atoms with Crippen LogP contribution in [0.3, 0.4) is 0 Å². The molecule has 2 aromatic carbocycles. The maximum Gasteiger partial charge on any atom is 0.272 e. The van der Waals surface area contributed by atoms with E-state index in [9.17, 15) is 4.79 Å². The summed E-state index contributed by atoms with van der Waals surface area (Å²) in [4.78, 5) is 14.8. The summed E-state index contributed by atoms with van der Waals surface area (Å²) in [5.41, 5.74) is 2.14. The van der Waals surface area contributed by atoms with Crippen LogP contribution >= 0.6 is 15.9 Å². The number of anilines is 2. The third-order valence-electron chi connectivity index (χ3n) is 2.88. The van der Waals surface area contributed by atoms with E-state index in [1.165, 1.54) is 0 Å². The van der Waals surface area contributed by atoms with Crippen molar-refractivity contribution in [3.63, 3.8) is 0 Å². The van der Waals surface area contributed by atoms with E-state index in [-0.39, 0.29) is 5.56 Å². The Labute approximate surface area is 118 Å². The summed E-state index contributed by atoms with van der Waals surface area (Å²) in [6.07, 6.45) is 0. The lowest BCUT2D eigenvalue weighted by molar-refractivity contribution is 1.30. The smallest absolute Gasteiger partial charge is 0.272 e. The second-order valence-corrected chi connectivity index (χ2v) is 5.15. The molecule has 0 amide bonds. The van der Waals surface area contributed by atoms with Gasteiger partial charge in [0.1, 0.15) is 5.69 Å². The van der Waals surface area contributed by atoms with Gasteiger partial charge in [-0.25, -0.2) is 0 Å². The minimum atomic E-state index is -0.124. The van der Waals surface area contributed by atoms with Crippen LogP contribution in [-0.2, 0) is 0 Å². The monoisotopic (exact) mass is 314 g/mol. The largest absolute Gasteiger partial charge is 0.351 e. The Morgan fingerprint density at radius 3 is 2.53 bits per heavy atom. The maximum absolute atomic E-state index is 12.0. The average Bonchev–Trinajstić information content (AvgIpc) is 2.42. The Morgan fingerprint density at radius 2 is 1.74 bits per heavy atom. The average molecular weight is 315 g/mol. The van der Waals surface area contributed by atoms with Crippen LogP contribution in [0.4, 0.5) is 11.4 Å². The molecule has 0 aliphatic rings. The quantitative estimate of drug-likeness (QED) is 0.750. The molecule has 0 spiro atoms. The normalized spacial score (nSPS) is 10.6. The zero-order chi connectivity index (χ0) is 13.2. The van der Waals surface area contributed by atoms with Crippen LogP contribution in [-0.4, -0.2) is 4.98 Å². The summed E-state index contributed by atoms with van der Waals surface area (Å²) in [6.45, 7) is 0. The number of benzene rings is 2. The van der Waals surface area contributed by atoms with Crippen molar-refractivity contribution in [3.05, 3.63) is 69.4 Å². The van der Waals surface area contributed by atoms with Crippen molar-refractivity contribution in [2.24, 2.45) is 0 Å². The molecule has 0 aliphatic carbocycles. The molecule has 3 nitrogen and oxygen atoms in total. The number of aromatic nitrogens is 1. The highest BCUT2D eigenvalue weighted by Gasteiger charge is 2.02. The van der Waals surface area contributed by atoms with Crippen molar-refractivity contribution >= 4 is 38.2 Å². The van der Waals surface area contributed by atoms with Gasteiger partial charge in [-0.05, 0) is 36.4 Å². The van der Waals surface area contributed by atoms with Crippen LogP contribution in [0.25, 0.3) is 10.9 Å². The van der Waals surface area contributed by atoms with Crippen molar-refractivity contribution in [3.8, 4) is 0 Å². The van der Waals surface area contributed by atoms with Gasteiger partial charge in [-0.15, -0.1) is 0 Å². The topological polar surface area (TPSA) is 44.9 Å². The molecule has 0 bridgehead atoms. The van der Waals surface area contributed by atoms with Crippen molar-refractivity contribution in [2.75, 3.05) is 5.32 Å². The predicted molar refractivity (Wildman–Crippen MR) is 82.0 cm³/mol. The first-order valence-corrected chi connectivity index (χ1v) is 6.66. The second kappa shape index (κ2) is 4.90. The van der Waals surface area contributed by atoms with Crippen molar-refractivity contribution in [1.82, 2.24) is 4.98 Å². The molecule has 0 atom stereocenters. The highest BCUT2D eigenvalue weighted by Crippen LogP contribution is 2.19. The summed E-state index contributed by atoms with van der Waals surface area (Å²) >= 11 is 3.38. The number of rotatable bonds is 2. The molecule has 0 saturated carbocycles. The Balaban J connectivity index is 2.03. The van der Waals surface area contributed by atoms with E-state index < -0.39 is 0 Å². The zero-order valence-corrected chi connectivity index (χ0v) is 11.6. The van der Waals surface area contributed by atoms with Crippen LogP contribution in [0.5, 0.6) is 0 Å². The molecule has 0 aliphatic heterocycles. The Morgan fingerprint density at radius 1 is 1.00 bits per heavy atom. The van der Waals surface area contributed by atoms with Crippen molar-refractivity contribution in [2.45, 2.75) is 0 Å². The number of pyridine rings is 1. The van der Waals surface area contributed by atoms with Gasteiger partial charge >= 0.3 is 0 Å². The molecule has 4 heteroatoms. The van der Waals surface area contributed by atoms with Gasteiger partial charge in [0.25, 0.3) is 5.56 Å². The van der Waals surface area contributed by atoms with E-state index in [0.29, 0.717) is 5.69 Å². The molecule has 0 saturated heterocycles. The van der Waals surface area contributed by atoms with Gasteiger partial charge in [0.05, 0.1) is 0 Å². The lowest BCUT2D eigenvalue weighted by Gasteiger charge is -2.07. The predicted octanol–water partition coefficient (Wildman–Crippen LogP) is 4.03. The molecule has 0 unspecified atom stereocenters. The molecule has 0 fully saturated rings. The van der Waals surface area contributed by atoms with Crippen molar-refractivity contribution < 1.29 is 0 Å². The fraction of sp³-hybridized carbons (Fsp3) is 0. The lowest BCUT2D eigenvalue weighted by Crippen LogP contribution is -2.11. The Bertz CT molecular complexity index is 778. The number of H-pyrrole nitrogens is 1. The summed E-state index contributed by atoms with van der Waals surface area (Å²) in [5.74, 6) is 0. The molecular weight excluding hydrogens is 304 g/mol. The molecule has 1 aromatic heterocycles. The van der Waals surface area contributed by atoms with Crippen LogP contribution in [0, 0.1) is 0 Å². The van der Waals surface area contributed by atoms with Gasteiger partial charge in [-0.3, -0.25) is 4.79 Å². The maximum atomic E-state index is 12.0. The molecule has 3 rings (SSSR count). The molecular formula is C15H11BrN2O. The standard InChI is InChI=1S/C15H11BrN2O/c16-11-5-7-12(8-6-11)17-14-9-10-3-1-2-4-13(10)18-15(14)19/h1-9,17H,(H,18,19). The number of hydrogen-bond acceptors (Lipinski definition) is 2. The number of para-hydroxylation sites is 1. The van der Waals surface area contributed by atoms with Gasteiger partial charge in [0.2, 0.25) is 0 Å². The van der Waals surface area contributed by atoms with E-state index in [0.717, 1.165) is 21.1 Å². The number of halogens is 1. The van der Waals surface area contributed by atoms with Gasteiger partial charge in [0, 0.05) is 21.1 Å². The van der Waals surface area contributed by atoms with Crippen LogP contribution in [0.1, 0.15) is 0 Å². The highest BCUT2D eigenvalue weighted by molar-refractivity contribution is 9.10. The van der Waals surface area contributed by atoms with E-state index in [4.69, 9.17) is 0 Å². The lowest BCUT2D eigenvalue weighted by atomic mass is 10.2. The Kier molecular flexibility index (Phi) is 3.09. The molecule has 1 heterocycles. The van der Waals surface area contributed by atoms with Gasteiger partial charge < -0.3 is 10.3 Å². The van der Waals surface area contributed by atoms with Gasteiger partial charge in [-0.1, -0.05) is 34.1 Å². The van der Waals surface area contributed by atoms with Gasteiger partial charge in [0.15, 0.2) is 0 Å². The van der Waals surface area contributed by atoms with Crippen LogP contribution in [0.15, 0.2) is 63.9 Å². The molecule has 3 aromatic rings. The first-order chi connectivity index (χ1) is 9.22. The summed E-state index contributed by atoms with van der Waals surface area (Å²) in [7, 11) is 0. The molecule has 0 radical (unpaired) electrons. The summed E-state index contributed by atoms with van der Waals surface area (Å²) < 4.78 is 1.01. The van der Waals surface area contributed by atoms with Crippen LogP contribution < -0.4 is 10.9 Å². The minimum absolute atomic E-state index is 0.124. The number of aromatic amines is 1. The second-order valence-electron chi connectivity index (χ2n) is 4.23. The van der Waals surface area contributed by atoms with Crippen LogP contribution in [0.2, 0.25) is 0 Å². The van der Waals surface area contributed by atoms with E-state index in [1.807, 2.05) is 54.6 Å². The van der Waals surface area contributed by atoms with E-state index >= 15 is 0 Å². The highest BCUT2D eigenvalue weighted by atomic mass is 79.9. The zero-order valence-electron chi connectivity index (χ0n) is 9.98. The van der Waals surface area contributed by atoms with Crippen molar-refractivity contribution in [1.29, 1.82) is 0 Å². The number of hydrogen-bond donors (Lipinski definition) is 2. The molecule has 2 N–H and O–H groups in total. The number of fused-ring (bicyclic) bond motifs is 1. The van der Waals surface area contributed by atoms with E-state index in [2.05, 4.69) is 26.2 Å². The number of nitrogens with one attached hydrogen (secondary N) is 2. The third-order valence-corrected chi connectivity index (χ3v) is 3.41. The fourth-order valence-corrected chi connectivity index (χ4v) is 2.19. The summed E-state index contributed by atoms with van der Waals surface area (Å²) in [6, 6.07) is 17.3. The third kappa shape index (κ3) is 2.53. The minimum Gasteiger partial charge on any atom is -0.351 e. The van der Waals surface area contributed by atoms with E-state index in [1.54, 1.807) is 0 Å².